The molecular formula is C28H35FN2O2. The first-order chi connectivity index (χ1) is 15.8. The number of carbonyl (C=O) groups is 2. The fraction of sp³-hybridized carbons (Fsp3) is 0.643. The van der Waals surface area contributed by atoms with E-state index in [1.54, 1.807) is 12.1 Å². The van der Waals surface area contributed by atoms with E-state index in [4.69, 9.17) is 0 Å². The summed E-state index contributed by atoms with van der Waals surface area (Å²) < 4.78 is 13.3. The lowest BCUT2D eigenvalue weighted by atomic mass is 9.49. The molecule has 6 rings (SSSR count). The van der Waals surface area contributed by atoms with Crippen molar-refractivity contribution in [3.8, 4) is 0 Å². The van der Waals surface area contributed by atoms with Crippen LogP contribution in [0.4, 0.5) is 10.1 Å². The minimum Gasteiger partial charge on any atom is -0.326 e. The van der Waals surface area contributed by atoms with E-state index in [1.807, 2.05) is 0 Å². The summed E-state index contributed by atoms with van der Waals surface area (Å²) in [6, 6.07) is 6.52. The highest BCUT2D eigenvalue weighted by Crippen LogP contribution is 2.66. The van der Waals surface area contributed by atoms with E-state index in [0.29, 0.717) is 41.8 Å². The maximum absolute atomic E-state index is 13.3. The van der Waals surface area contributed by atoms with Crippen LogP contribution in [0, 0.1) is 40.3 Å². The van der Waals surface area contributed by atoms with Gasteiger partial charge < -0.3 is 10.2 Å². The van der Waals surface area contributed by atoms with Gasteiger partial charge in [-0.05, 0) is 98.8 Å². The molecule has 6 atom stereocenters. The first-order valence-corrected chi connectivity index (χ1v) is 12.9. The second-order valence-electron chi connectivity index (χ2n) is 11.8. The van der Waals surface area contributed by atoms with Crippen LogP contribution >= 0.6 is 0 Å². The molecule has 1 saturated heterocycles. The first-order valence-electron chi connectivity index (χ1n) is 12.9. The fourth-order valence-electron chi connectivity index (χ4n) is 8.31. The Morgan fingerprint density at radius 1 is 1.03 bits per heavy atom. The Morgan fingerprint density at radius 2 is 1.79 bits per heavy atom. The number of likely N-dealkylation sites (tertiary alicyclic amines) is 1. The highest BCUT2D eigenvalue weighted by Gasteiger charge is 2.61. The van der Waals surface area contributed by atoms with Gasteiger partial charge in [0.25, 0.3) is 0 Å². The average molecular weight is 451 g/mol. The third kappa shape index (κ3) is 3.21. The second-order valence-corrected chi connectivity index (χ2v) is 11.8. The van der Waals surface area contributed by atoms with Crippen molar-refractivity contribution >= 4 is 17.5 Å². The van der Waals surface area contributed by atoms with E-state index in [9.17, 15) is 14.0 Å². The number of allylic oxidation sites excluding steroid dienone is 2. The molecule has 0 radical (unpaired) electrons. The Kier molecular flexibility index (Phi) is 4.80. The molecule has 1 aliphatic heterocycles. The van der Waals surface area contributed by atoms with Gasteiger partial charge in [-0.3, -0.25) is 9.59 Å². The lowest BCUT2D eigenvalue weighted by molar-refractivity contribution is -0.139. The van der Waals surface area contributed by atoms with Crippen molar-refractivity contribution in [1.82, 2.24) is 4.90 Å². The summed E-state index contributed by atoms with van der Waals surface area (Å²) in [5.74, 6) is 1.87. The molecule has 4 fully saturated rings. The number of amides is 2. The minimum absolute atomic E-state index is 0.00239. The molecule has 1 aromatic carbocycles. The lowest BCUT2D eigenvalue weighted by Gasteiger charge is -2.58. The van der Waals surface area contributed by atoms with Crippen molar-refractivity contribution in [2.75, 3.05) is 5.32 Å². The van der Waals surface area contributed by atoms with Crippen LogP contribution in [-0.2, 0) is 9.59 Å². The van der Waals surface area contributed by atoms with Crippen molar-refractivity contribution in [3.63, 3.8) is 0 Å². The Morgan fingerprint density at radius 3 is 2.52 bits per heavy atom. The summed E-state index contributed by atoms with van der Waals surface area (Å²) in [4.78, 5) is 28.3. The highest BCUT2D eigenvalue weighted by molar-refractivity contribution is 5.93. The number of benzene rings is 1. The molecule has 1 aromatic rings. The number of halogens is 1. The molecular weight excluding hydrogens is 415 g/mol. The van der Waals surface area contributed by atoms with E-state index in [2.05, 4.69) is 30.1 Å². The van der Waals surface area contributed by atoms with Gasteiger partial charge in [0, 0.05) is 35.2 Å². The van der Waals surface area contributed by atoms with Crippen LogP contribution < -0.4 is 5.32 Å². The summed E-state index contributed by atoms with van der Waals surface area (Å²) in [6.07, 6.45) is 11.6. The Hall–Kier alpha value is -2.17. The normalized spacial score (nSPS) is 39.9. The molecule has 0 aromatic heterocycles. The van der Waals surface area contributed by atoms with E-state index in [1.165, 1.54) is 17.8 Å². The molecule has 3 saturated carbocycles. The zero-order valence-electron chi connectivity index (χ0n) is 19.8. The van der Waals surface area contributed by atoms with Gasteiger partial charge in [-0.25, -0.2) is 4.39 Å². The van der Waals surface area contributed by atoms with E-state index in [0.717, 1.165) is 51.4 Å². The van der Waals surface area contributed by atoms with Gasteiger partial charge in [-0.1, -0.05) is 19.9 Å². The average Bonchev–Trinajstić information content (AvgIpc) is 3.56. The van der Waals surface area contributed by atoms with Gasteiger partial charge in [0.2, 0.25) is 11.8 Å². The van der Waals surface area contributed by atoms with Crippen molar-refractivity contribution < 1.29 is 14.0 Å². The van der Waals surface area contributed by atoms with Gasteiger partial charge in [-0.2, -0.15) is 0 Å². The first kappa shape index (κ1) is 21.4. The van der Waals surface area contributed by atoms with Gasteiger partial charge in [0.15, 0.2) is 0 Å². The van der Waals surface area contributed by atoms with Crippen LogP contribution in [-0.4, -0.2) is 22.8 Å². The van der Waals surface area contributed by atoms with Crippen molar-refractivity contribution in [2.24, 2.45) is 34.5 Å². The molecule has 5 aliphatic rings. The van der Waals surface area contributed by atoms with Crippen LogP contribution in [0.15, 0.2) is 36.0 Å². The fourth-order valence-corrected chi connectivity index (χ4v) is 8.31. The molecule has 0 bridgehead atoms. The summed E-state index contributed by atoms with van der Waals surface area (Å²) in [7, 11) is 0. The lowest BCUT2D eigenvalue weighted by Crippen LogP contribution is -2.55. The van der Waals surface area contributed by atoms with Crippen molar-refractivity contribution in [2.45, 2.75) is 77.7 Å². The maximum Gasteiger partial charge on any atom is 0.228 e. The predicted molar refractivity (Wildman–Crippen MR) is 125 cm³/mol. The number of nitrogens with zero attached hydrogens (tertiary/aromatic N) is 1. The number of piperidine rings is 1. The topological polar surface area (TPSA) is 49.4 Å². The molecule has 176 valence electrons. The van der Waals surface area contributed by atoms with Crippen LogP contribution in [0.3, 0.4) is 0 Å². The Labute approximate surface area is 196 Å². The quantitative estimate of drug-likeness (QED) is 0.623. The largest absolute Gasteiger partial charge is 0.326 e. The van der Waals surface area contributed by atoms with E-state index < -0.39 is 0 Å². The molecule has 4 aliphatic carbocycles. The van der Waals surface area contributed by atoms with Gasteiger partial charge in [-0.15, -0.1) is 0 Å². The number of fused-ring (bicyclic) bond motifs is 5. The summed E-state index contributed by atoms with van der Waals surface area (Å²) in [5.41, 5.74) is 2.10. The predicted octanol–water partition coefficient (Wildman–Crippen LogP) is 5.90. The molecule has 2 amide bonds. The van der Waals surface area contributed by atoms with E-state index in [-0.39, 0.29) is 28.5 Å². The standard InChI is InChI=1S/C28H35FN2O2/c1-27-15-13-22-20(9-12-24-28(22,2)16-14-25(32)31(24)19-7-8-19)21(27)10-11-23(27)26(33)30-18-5-3-17(29)4-6-18/h3-6,12,19-23H,7-11,13-16H2,1-2H3,(H,30,33)/t20-,21-,22+,23?,27-,28+/m0/s1. The molecule has 5 heteroatoms. The SMILES string of the molecule is C[C@]12CCC(=O)N(C3CC3)C1=CC[C@@H]1[C@H]2CC[C@]2(C)C(C(=O)Nc3ccc(F)cc3)CC[C@@H]12. The maximum atomic E-state index is 13.3. The van der Waals surface area contributed by atoms with Crippen molar-refractivity contribution in [3.05, 3.63) is 41.9 Å². The van der Waals surface area contributed by atoms with Crippen LogP contribution in [0.1, 0.15) is 71.6 Å². The number of hydrogen-bond donors (Lipinski definition) is 1. The zero-order valence-corrected chi connectivity index (χ0v) is 19.8. The third-order valence-corrected chi connectivity index (χ3v) is 10.2. The molecule has 1 heterocycles. The number of rotatable bonds is 3. The highest BCUT2D eigenvalue weighted by atomic mass is 19.1. The summed E-state index contributed by atoms with van der Waals surface area (Å²) in [6.45, 7) is 4.77. The number of carbonyl (C=O) groups excluding carboxylic acids is 2. The number of nitrogens with one attached hydrogen (secondary N) is 1. The number of anilines is 1. The van der Waals surface area contributed by atoms with Crippen LogP contribution in [0.2, 0.25) is 0 Å². The summed E-state index contributed by atoms with van der Waals surface area (Å²) >= 11 is 0. The molecule has 1 unspecified atom stereocenters. The monoisotopic (exact) mass is 450 g/mol. The Bertz CT molecular complexity index is 1020. The molecule has 33 heavy (non-hydrogen) atoms. The second kappa shape index (κ2) is 7.41. The third-order valence-electron chi connectivity index (χ3n) is 10.2. The van der Waals surface area contributed by atoms with Crippen LogP contribution in [0.25, 0.3) is 0 Å². The molecule has 4 nitrogen and oxygen atoms in total. The zero-order chi connectivity index (χ0) is 23.0. The van der Waals surface area contributed by atoms with Crippen molar-refractivity contribution in [1.29, 1.82) is 0 Å². The minimum atomic E-state index is -0.290. The van der Waals surface area contributed by atoms with E-state index >= 15 is 0 Å². The molecule has 0 spiro atoms. The Balaban J connectivity index is 1.25. The van der Waals surface area contributed by atoms with Gasteiger partial charge in [0.1, 0.15) is 5.82 Å². The van der Waals surface area contributed by atoms with Gasteiger partial charge >= 0.3 is 0 Å². The number of hydrogen-bond acceptors (Lipinski definition) is 2. The summed E-state index contributed by atoms with van der Waals surface area (Å²) in [5, 5.41) is 3.06. The smallest absolute Gasteiger partial charge is 0.228 e. The van der Waals surface area contributed by atoms with Gasteiger partial charge in [0.05, 0.1) is 0 Å². The molecule has 1 N–H and O–H groups in total. The van der Waals surface area contributed by atoms with Crippen LogP contribution in [0.5, 0.6) is 0 Å².